The Kier molecular flexibility index (Phi) is 8.27. The van der Waals surface area contributed by atoms with Crippen LogP contribution in [0.2, 0.25) is 5.02 Å². The first-order chi connectivity index (χ1) is 18.4. The Morgan fingerprint density at radius 3 is 2.59 bits per heavy atom. The molecule has 214 valence electrons. The molecule has 2 aliphatic heterocycles. The van der Waals surface area contributed by atoms with E-state index < -0.39 is 42.2 Å². The number of amides is 2. The zero-order valence-corrected chi connectivity index (χ0v) is 22.7. The summed E-state index contributed by atoms with van der Waals surface area (Å²) in [4.78, 5) is 42.3. The summed E-state index contributed by atoms with van der Waals surface area (Å²) in [5.74, 6) is 3.47. The summed E-state index contributed by atoms with van der Waals surface area (Å²) in [7, 11) is 1.24. The molecule has 0 bridgehead atoms. The van der Waals surface area contributed by atoms with Gasteiger partial charge in [0.15, 0.2) is 0 Å². The SMILES string of the molecule is CN(N)/C(=C(\N)COc1ccc(Cl)c2c1C(N1CCCC1=O)N(C(=O)C1CCC[C@]1(C)C(=O)O)CC2)C(F)F. The number of rotatable bonds is 8. The van der Waals surface area contributed by atoms with Gasteiger partial charge in [0, 0.05) is 37.1 Å². The van der Waals surface area contributed by atoms with E-state index in [1.807, 2.05) is 0 Å². The fourth-order valence-corrected chi connectivity index (χ4v) is 6.30. The second kappa shape index (κ2) is 11.2. The number of carbonyl (C=O) groups is 3. The van der Waals surface area contributed by atoms with Crippen molar-refractivity contribution in [2.24, 2.45) is 22.9 Å². The number of hydrogen-bond acceptors (Lipinski definition) is 7. The lowest BCUT2D eigenvalue weighted by molar-refractivity contribution is -0.160. The van der Waals surface area contributed by atoms with Crippen molar-refractivity contribution >= 4 is 29.4 Å². The van der Waals surface area contributed by atoms with Crippen molar-refractivity contribution in [3.63, 3.8) is 0 Å². The summed E-state index contributed by atoms with van der Waals surface area (Å²) in [6, 6.07) is 3.17. The van der Waals surface area contributed by atoms with Gasteiger partial charge in [-0.1, -0.05) is 18.0 Å². The molecule has 3 atom stereocenters. The van der Waals surface area contributed by atoms with Crippen LogP contribution in [0.25, 0.3) is 0 Å². The standard InChI is InChI=1S/C26H34ClF2N5O5/c1-26(25(37)38)10-3-5-15(26)24(36)34-12-9-14-16(27)7-8-18(20(14)23(34)33-11-4-6-19(33)35)39-13-17(30)21(22(28)29)32(2)31/h7-8,15,22-23H,3-6,9-13,30-31H2,1-2H3,(H,37,38)/b21-17-/t15?,23?,26-/m0/s1. The molecule has 2 fully saturated rings. The first kappa shape index (κ1) is 28.9. The van der Waals surface area contributed by atoms with Gasteiger partial charge in [-0.25, -0.2) is 14.6 Å². The van der Waals surface area contributed by atoms with Crippen molar-refractivity contribution in [3.8, 4) is 5.75 Å². The molecule has 0 aromatic heterocycles. The van der Waals surface area contributed by atoms with Crippen molar-refractivity contribution in [2.45, 2.75) is 58.0 Å². The molecule has 1 aromatic carbocycles. The number of hydrogen-bond donors (Lipinski definition) is 3. The summed E-state index contributed by atoms with van der Waals surface area (Å²) >= 11 is 6.56. The van der Waals surface area contributed by atoms with Crippen LogP contribution in [0.4, 0.5) is 8.78 Å². The quantitative estimate of drug-likeness (QED) is 0.320. The fourth-order valence-electron chi connectivity index (χ4n) is 6.04. The Labute approximate surface area is 230 Å². The monoisotopic (exact) mass is 569 g/mol. The summed E-state index contributed by atoms with van der Waals surface area (Å²) in [6.45, 7) is 1.78. The number of fused-ring (bicyclic) bond motifs is 1. The van der Waals surface area contributed by atoms with E-state index in [1.54, 1.807) is 28.9 Å². The van der Waals surface area contributed by atoms with Gasteiger partial charge in [0.25, 0.3) is 6.43 Å². The maximum atomic E-state index is 14.0. The molecular formula is C26H34ClF2N5O5. The van der Waals surface area contributed by atoms with E-state index in [1.165, 1.54) is 7.05 Å². The van der Waals surface area contributed by atoms with Crippen LogP contribution in [-0.2, 0) is 20.8 Å². The number of allylic oxidation sites excluding steroid dienone is 1. The Balaban J connectivity index is 1.77. The Bertz CT molecular complexity index is 1190. The molecule has 1 aromatic rings. The smallest absolute Gasteiger partial charge is 0.310 e. The van der Waals surface area contributed by atoms with Crippen LogP contribution in [0, 0.1) is 11.3 Å². The fraction of sp³-hybridized carbons (Fsp3) is 0.577. The first-order valence-corrected chi connectivity index (χ1v) is 13.3. The number of aliphatic carboxylic acids is 1. The average Bonchev–Trinajstić information content (AvgIpc) is 3.48. The summed E-state index contributed by atoms with van der Waals surface area (Å²) in [6.07, 6.45) is -1.18. The molecule has 1 saturated carbocycles. The Morgan fingerprint density at radius 1 is 1.28 bits per heavy atom. The normalized spacial score (nSPS) is 25.6. The van der Waals surface area contributed by atoms with Gasteiger partial charge in [0.2, 0.25) is 11.8 Å². The van der Waals surface area contributed by atoms with Crippen LogP contribution in [0.5, 0.6) is 5.75 Å². The number of carbonyl (C=O) groups excluding carboxylic acids is 2. The highest BCUT2D eigenvalue weighted by Crippen LogP contribution is 2.48. The Hall–Kier alpha value is -3.12. The number of hydrazine groups is 1. The van der Waals surface area contributed by atoms with Gasteiger partial charge >= 0.3 is 5.97 Å². The number of likely N-dealkylation sites (tertiary alicyclic amines) is 1. The highest BCUT2D eigenvalue weighted by Gasteiger charge is 2.52. The van der Waals surface area contributed by atoms with Crippen molar-refractivity contribution in [3.05, 3.63) is 39.7 Å². The second-order valence-corrected chi connectivity index (χ2v) is 11.0. The summed E-state index contributed by atoms with van der Waals surface area (Å²) in [5.41, 5.74) is 4.97. The van der Waals surface area contributed by atoms with E-state index >= 15 is 0 Å². The highest BCUT2D eigenvalue weighted by atomic mass is 35.5. The number of benzene rings is 1. The van der Waals surface area contributed by atoms with Crippen LogP contribution >= 0.6 is 11.6 Å². The highest BCUT2D eigenvalue weighted by molar-refractivity contribution is 6.31. The number of halogens is 3. The maximum Gasteiger partial charge on any atom is 0.310 e. The number of ether oxygens (including phenoxy) is 1. The van der Waals surface area contributed by atoms with Crippen LogP contribution in [0.3, 0.4) is 0 Å². The van der Waals surface area contributed by atoms with E-state index in [0.717, 1.165) is 5.01 Å². The third-order valence-electron chi connectivity index (χ3n) is 8.15. The lowest BCUT2D eigenvalue weighted by Gasteiger charge is -2.45. The average molecular weight is 570 g/mol. The van der Waals surface area contributed by atoms with Crippen LogP contribution < -0.4 is 16.3 Å². The van der Waals surface area contributed by atoms with Gasteiger partial charge in [-0.15, -0.1) is 0 Å². The molecule has 10 nitrogen and oxygen atoms in total. The molecule has 0 spiro atoms. The predicted molar refractivity (Wildman–Crippen MR) is 138 cm³/mol. The van der Waals surface area contributed by atoms with Gasteiger partial charge in [0.05, 0.1) is 17.0 Å². The minimum Gasteiger partial charge on any atom is -0.487 e. The van der Waals surface area contributed by atoms with E-state index in [0.29, 0.717) is 61.2 Å². The Morgan fingerprint density at radius 2 is 2.00 bits per heavy atom. The number of nitrogens with two attached hydrogens (primary N) is 2. The lowest BCUT2D eigenvalue weighted by atomic mass is 9.78. The minimum atomic E-state index is -2.93. The van der Waals surface area contributed by atoms with E-state index in [4.69, 9.17) is 27.9 Å². The predicted octanol–water partition coefficient (Wildman–Crippen LogP) is 2.86. The van der Waals surface area contributed by atoms with Crippen LogP contribution in [-0.4, -0.2) is 70.9 Å². The second-order valence-electron chi connectivity index (χ2n) is 10.6. The molecule has 2 heterocycles. The molecule has 2 amide bonds. The van der Waals surface area contributed by atoms with Gasteiger partial charge in [0.1, 0.15) is 24.2 Å². The van der Waals surface area contributed by atoms with Gasteiger partial charge < -0.3 is 30.4 Å². The molecule has 4 rings (SSSR count). The number of carboxylic acid groups (broad SMARTS) is 1. The zero-order valence-electron chi connectivity index (χ0n) is 22.0. The third-order valence-corrected chi connectivity index (χ3v) is 8.50. The van der Waals surface area contributed by atoms with E-state index in [-0.39, 0.29) is 29.8 Å². The van der Waals surface area contributed by atoms with Gasteiger partial charge in [-0.2, -0.15) is 0 Å². The molecule has 5 N–H and O–H groups in total. The van der Waals surface area contributed by atoms with Gasteiger partial charge in [-0.05, 0) is 50.3 Å². The molecule has 3 aliphatic rings. The van der Waals surface area contributed by atoms with E-state index in [9.17, 15) is 28.3 Å². The molecule has 2 unspecified atom stereocenters. The molecule has 39 heavy (non-hydrogen) atoms. The van der Waals surface area contributed by atoms with Crippen LogP contribution in [0.15, 0.2) is 23.5 Å². The zero-order chi connectivity index (χ0) is 28.6. The maximum absolute atomic E-state index is 14.0. The third kappa shape index (κ3) is 5.23. The topological polar surface area (TPSA) is 142 Å². The minimum absolute atomic E-state index is 0.159. The molecule has 1 saturated heterocycles. The number of carboxylic acids is 1. The molecule has 13 heteroatoms. The number of nitrogens with zero attached hydrogens (tertiary/aromatic N) is 3. The van der Waals surface area contributed by atoms with Gasteiger partial charge in [-0.3, -0.25) is 14.4 Å². The lowest BCUT2D eigenvalue weighted by Crippen LogP contribution is -2.52. The van der Waals surface area contributed by atoms with Crippen molar-refractivity contribution < 1.29 is 33.0 Å². The summed E-state index contributed by atoms with van der Waals surface area (Å²) < 4.78 is 32.9. The molecule has 0 radical (unpaired) electrons. The molecular weight excluding hydrogens is 536 g/mol. The van der Waals surface area contributed by atoms with E-state index in [2.05, 4.69) is 0 Å². The number of alkyl halides is 2. The van der Waals surface area contributed by atoms with Crippen molar-refractivity contribution in [1.82, 2.24) is 14.8 Å². The van der Waals surface area contributed by atoms with Crippen molar-refractivity contribution in [2.75, 3.05) is 26.7 Å². The van der Waals surface area contributed by atoms with Crippen LogP contribution in [0.1, 0.15) is 56.3 Å². The largest absolute Gasteiger partial charge is 0.487 e. The molecule has 1 aliphatic carbocycles. The van der Waals surface area contributed by atoms with Crippen molar-refractivity contribution in [1.29, 1.82) is 0 Å². The summed E-state index contributed by atoms with van der Waals surface area (Å²) in [5, 5.41) is 11.1. The first-order valence-electron chi connectivity index (χ1n) is 12.9.